The van der Waals surface area contributed by atoms with E-state index in [-0.39, 0.29) is 5.75 Å². The zero-order valence-electron chi connectivity index (χ0n) is 11.9. The van der Waals surface area contributed by atoms with Crippen LogP contribution in [0, 0.1) is 0 Å². The molecule has 0 aliphatic heterocycles. The minimum absolute atomic E-state index is 0.259. The molecule has 0 fully saturated rings. The van der Waals surface area contributed by atoms with E-state index in [1.54, 1.807) is 19.2 Å². The molecule has 4 heteroatoms. The van der Waals surface area contributed by atoms with E-state index in [4.69, 9.17) is 9.15 Å². The van der Waals surface area contributed by atoms with Gasteiger partial charge >= 0.3 is 0 Å². The Bertz CT molecular complexity index is 988. The summed E-state index contributed by atoms with van der Waals surface area (Å²) in [4.78, 5) is 4.51. The fourth-order valence-electron chi connectivity index (χ4n) is 2.52. The molecule has 0 amide bonds. The summed E-state index contributed by atoms with van der Waals surface area (Å²) in [6, 6.07) is 16.7. The number of nitrogens with zero attached hydrogens (tertiary/aromatic N) is 1. The molecule has 4 nitrogen and oxygen atoms in total. The number of aromatic hydroxyl groups is 1. The Morgan fingerprint density at radius 3 is 2.64 bits per heavy atom. The highest BCUT2D eigenvalue weighted by Crippen LogP contribution is 2.29. The van der Waals surface area contributed by atoms with Crippen molar-refractivity contribution in [1.82, 2.24) is 4.98 Å². The first-order chi connectivity index (χ1) is 10.7. The molecule has 1 heterocycles. The van der Waals surface area contributed by atoms with E-state index >= 15 is 0 Å². The number of oxazole rings is 1. The SMILES string of the molecule is COc1ccc2nc(-c3ccc4cc(O)ccc4c3)oc2c1. The van der Waals surface area contributed by atoms with Crippen LogP contribution in [-0.2, 0) is 0 Å². The Balaban J connectivity index is 1.85. The van der Waals surface area contributed by atoms with Gasteiger partial charge < -0.3 is 14.3 Å². The number of benzene rings is 3. The van der Waals surface area contributed by atoms with Gasteiger partial charge in [-0.25, -0.2) is 4.98 Å². The molecule has 0 aliphatic rings. The Morgan fingerprint density at radius 1 is 0.955 bits per heavy atom. The van der Waals surface area contributed by atoms with Crippen LogP contribution >= 0.6 is 0 Å². The fraction of sp³-hybridized carbons (Fsp3) is 0.0556. The first kappa shape index (κ1) is 12.7. The predicted octanol–water partition coefficient (Wildman–Crippen LogP) is 4.36. The van der Waals surface area contributed by atoms with Crippen LogP contribution in [0.4, 0.5) is 0 Å². The molecule has 0 saturated heterocycles. The molecule has 0 spiro atoms. The first-order valence-corrected chi connectivity index (χ1v) is 6.91. The van der Waals surface area contributed by atoms with E-state index < -0.39 is 0 Å². The molecule has 22 heavy (non-hydrogen) atoms. The van der Waals surface area contributed by atoms with Crippen molar-refractivity contribution in [2.24, 2.45) is 0 Å². The van der Waals surface area contributed by atoms with Gasteiger partial charge in [-0.15, -0.1) is 0 Å². The molecule has 0 unspecified atom stereocenters. The Labute approximate surface area is 126 Å². The van der Waals surface area contributed by atoms with Crippen LogP contribution in [0.5, 0.6) is 11.5 Å². The van der Waals surface area contributed by atoms with Gasteiger partial charge in [0.05, 0.1) is 7.11 Å². The van der Waals surface area contributed by atoms with Crippen molar-refractivity contribution in [2.45, 2.75) is 0 Å². The van der Waals surface area contributed by atoms with E-state index in [0.717, 1.165) is 27.6 Å². The number of methoxy groups -OCH3 is 1. The summed E-state index contributed by atoms with van der Waals surface area (Å²) in [7, 11) is 1.62. The number of hydrogen-bond donors (Lipinski definition) is 1. The molecule has 1 N–H and O–H groups in total. The second-order valence-corrected chi connectivity index (χ2v) is 5.10. The number of phenols is 1. The van der Waals surface area contributed by atoms with Crippen LogP contribution in [0.15, 0.2) is 59.0 Å². The number of fused-ring (bicyclic) bond motifs is 2. The molecule has 0 aliphatic carbocycles. The van der Waals surface area contributed by atoms with E-state index in [1.807, 2.05) is 42.5 Å². The normalized spacial score (nSPS) is 11.1. The molecular formula is C18H13NO3. The van der Waals surface area contributed by atoms with E-state index in [2.05, 4.69) is 4.98 Å². The minimum Gasteiger partial charge on any atom is -0.508 e. The van der Waals surface area contributed by atoms with E-state index in [0.29, 0.717) is 11.5 Å². The second kappa shape index (κ2) is 4.77. The van der Waals surface area contributed by atoms with Crippen molar-refractivity contribution in [2.75, 3.05) is 7.11 Å². The summed E-state index contributed by atoms with van der Waals surface area (Å²) in [6.07, 6.45) is 0. The molecular weight excluding hydrogens is 278 g/mol. The average Bonchev–Trinajstić information content (AvgIpc) is 2.97. The molecule has 0 atom stereocenters. The van der Waals surface area contributed by atoms with Gasteiger partial charge in [-0.2, -0.15) is 0 Å². The van der Waals surface area contributed by atoms with Crippen molar-refractivity contribution < 1.29 is 14.3 Å². The maximum atomic E-state index is 9.52. The third kappa shape index (κ3) is 2.05. The number of rotatable bonds is 2. The molecule has 0 saturated carbocycles. The second-order valence-electron chi connectivity index (χ2n) is 5.10. The molecule has 1 aromatic heterocycles. The van der Waals surface area contributed by atoms with E-state index in [1.165, 1.54) is 0 Å². The maximum absolute atomic E-state index is 9.52. The number of hydrogen-bond acceptors (Lipinski definition) is 4. The standard InChI is InChI=1S/C18H13NO3/c1-21-15-6-7-16-17(10-15)22-18(19-16)13-3-2-12-9-14(20)5-4-11(12)8-13/h2-10,20H,1H3. The van der Waals surface area contributed by atoms with Gasteiger partial charge in [0.1, 0.15) is 17.0 Å². The predicted molar refractivity (Wildman–Crippen MR) is 85.2 cm³/mol. The summed E-state index contributed by atoms with van der Waals surface area (Å²) < 4.78 is 11.0. The summed E-state index contributed by atoms with van der Waals surface area (Å²) in [5.74, 6) is 1.57. The lowest BCUT2D eigenvalue weighted by Crippen LogP contribution is -1.80. The zero-order valence-corrected chi connectivity index (χ0v) is 11.9. The Hall–Kier alpha value is -3.01. The summed E-state index contributed by atoms with van der Waals surface area (Å²) in [5, 5.41) is 11.5. The van der Waals surface area contributed by atoms with Crippen molar-refractivity contribution in [3.05, 3.63) is 54.6 Å². The van der Waals surface area contributed by atoms with Gasteiger partial charge in [-0.05, 0) is 47.2 Å². The Morgan fingerprint density at radius 2 is 1.77 bits per heavy atom. The fourth-order valence-corrected chi connectivity index (χ4v) is 2.52. The van der Waals surface area contributed by atoms with E-state index in [9.17, 15) is 5.11 Å². The smallest absolute Gasteiger partial charge is 0.227 e. The quantitative estimate of drug-likeness (QED) is 0.596. The minimum atomic E-state index is 0.259. The lowest BCUT2D eigenvalue weighted by molar-refractivity contribution is 0.414. The van der Waals surface area contributed by atoms with Crippen LogP contribution in [0.2, 0.25) is 0 Å². The number of aromatic nitrogens is 1. The largest absolute Gasteiger partial charge is 0.508 e. The zero-order chi connectivity index (χ0) is 15.1. The average molecular weight is 291 g/mol. The van der Waals surface area contributed by atoms with Crippen LogP contribution in [0.1, 0.15) is 0 Å². The summed E-state index contributed by atoms with van der Waals surface area (Å²) in [5.41, 5.74) is 2.38. The Kier molecular flexibility index (Phi) is 2.76. The third-order valence-electron chi connectivity index (χ3n) is 3.67. The van der Waals surface area contributed by atoms with Gasteiger partial charge in [0.15, 0.2) is 5.58 Å². The number of phenolic OH excluding ortho intramolecular Hbond substituents is 1. The van der Waals surface area contributed by atoms with Crippen molar-refractivity contribution in [1.29, 1.82) is 0 Å². The molecule has 0 bridgehead atoms. The molecule has 0 radical (unpaired) electrons. The number of ether oxygens (including phenoxy) is 1. The highest BCUT2D eigenvalue weighted by Gasteiger charge is 2.10. The maximum Gasteiger partial charge on any atom is 0.227 e. The lowest BCUT2D eigenvalue weighted by Gasteiger charge is -2.01. The van der Waals surface area contributed by atoms with Crippen LogP contribution in [0.25, 0.3) is 33.3 Å². The summed E-state index contributed by atoms with van der Waals surface area (Å²) in [6.45, 7) is 0. The van der Waals surface area contributed by atoms with Gasteiger partial charge in [-0.1, -0.05) is 12.1 Å². The van der Waals surface area contributed by atoms with Gasteiger partial charge in [0, 0.05) is 11.6 Å². The van der Waals surface area contributed by atoms with Crippen molar-refractivity contribution >= 4 is 21.9 Å². The van der Waals surface area contributed by atoms with Crippen molar-refractivity contribution in [3.63, 3.8) is 0 Å². The molecule has 4 aromatic rings. The molecule has 3 aromatic carbocycles. The van der Waals surface area contributed by atoms with Gasteiger partial charge in [-0.3, -0.25) is 0 Å². The van der Waals surface area contributed by atoms with Gasteiger partial charge in [0.25, 0.3) is 0 Å². The first-order valence-electron chi connectivity index (χ1n) is 6.91. The molecule has 4 rings (SSSR count). The van der Waals surface area contributed by atoms with Crippen molar-refractivity contribution in [3.8, 4) is 23.0 Å². The van der Waals surface area contributed by atoms with Gasteiger partial charge in [0.2, 0.25) is 5.89 Å². The monoisotopic (exact) mass is 291 g/mol. The molecule has 108 valence electrons. The van der Waals surface area contributed by atoms with Crippen LogP contribution in [0.3, 0.4) is 0 Å². The summed E-state index contributed by atoms with van der Waals surface area (Å²) >= 11 is 0. The highest BCUT2D eigenvalue weighted by atomic mass is 16.5. The lowest BCUT2D eigenvalue weighted by atomic mass is 10.1. The van der Waals surface area contributed by atoms with Crippen LogP contribution in [-0.4, -0.2) is 17.2 Å². The van der Waals surface area contributed by atoms with Crippen LogP contribution < -0.4 is 4.74 Å². The topological polar surface area (TPSA) is 55.5 Å². The highest BCUT2D eigenvalue weighted by molar-refractivity contribution is 5.88. The third-order valence-corrected chi connectivity index (χ3v) is 3.67.